The smallest absolute Gasteiger partial charge is 0.416 e. The molecular formula is C28H22ClF3N2O4. The van der Waals surface area contributed by atoms with Gasteiger partial charge in [0.2, 0.25) is 0 Å². The van der Waals surface area contributed by atoms with Gasteiger partial charge in [-0.1, -0.05) is 35.9 Å². The first-order chi connectivity index (χ1) is 18.1. The number of alkyl halides is 3. The van der Waals surface area contributed by atoms with Crippen LogP contribution in [0.25, 0.3) is 5.57 Å². The number of imide groups is 1. The lowest BCUT2D eigenvalue weighted by molar-refractivity contribution is -0.227. The molecule has 0 fully saturated rings. The summed E-state index contributed by atoms with van der Waals surface area (Å²) in [7, 11) is 2.95. The van der Waals surface area contributed by atoms with Crippen molar-refractivity contribution in [2.24, 2.45) is 0 Å². The molecule has 6 nitrogen and oxygen atoms in total. The number of ether oxygens (including phenoxy) is 2. The third-order valence-corrected chi connectivity index (χ3v) is 7.11. The number of amides is 3. The lowest BCUT2D eigenvalue weighted by Gasteiger charge is -2.52. The number of fused-ring (bicyclic) bond motifs is 3. The molecule has 0 aromatic heterocycles. The highest BCUT2D eigenvalue weighted by atomic mass is 35.5. The van der Waals surface area contributed by atoms with Crippen molar-refractivity contribution in [1.29, 1.82) is 0 Å². The van der Waals surface area contributed by atoms with Crippen LogP contribution >= 0.6 is 11.6 Å². The van der Waals surface area contributed by atoms with Crippen LogP contribution in [0.1, 0.15) is 23.1 Å². The molecule has 3 amide bonds. The van der Waals surface area contributed by atoms with Crippen LogP contribution in [-0.2, 0) is 16.9 Å². The Morgan fingerprint density at radius 3 is 2.32 bits per heavy atom. The number of hydrogen-bond donors (Lipinski definition) is 0. The summed E-state index contributed by atoms with van der Waals surface area (Å²) in [6.45, 7) is -0.0678. The van der Waals surface area contributed by atoms with E-state index in [0.29, 0.717) is 27.5 Å². The van der Waals surface area contributed by atoms with Crippen molar-refractivity contribution in [3.05, 3.63) is 94.5 Å². The van der Waals surface area contributed by atoms with Crippen molar-refractivity contribution in [3.8, 4) is 11.5 Å². The second-order valence-corrected chi connectivity index (χ2v) is 9.42. The number of halogens is 4. The first kappa shape index (κ1) is 25.7. The minimum Gasteiger partial charge on any atom is -0.497 e. The molecule has 0 bridgehead atoms. The van der Waals surface area contributed by atoms with Crippen molar-refractivity contribution < 1.29 is 32.2 Å². The molecule has 38 heavy (non-hydrogen) atoms. The average molecular weight is 543 g/mol. The number of benzene rings is 3. The molecule has 0 spiro atoms. The maximum atomic E-state index is 15.2. The highest BCUT2D eigenvalue weighted by molar-refractivity contribution is 6.31. The predicted molar refractivity (Wildman–Crippen MR) is 136 cm³/mol. The molecule has 0 radical (unpaired) electrons. The Morgan fingerprint density at radius 2 is 1.66 bits per heavy atom. The van der Waals surface area contributed by atoms with E-state index in [0.717, 1.165) is 6.08 Å². The van der Waals surface area contributed by atoms with Gasteiger partial charge in [-0.2, -0.15) is 13.2 Å². The Balaban J connectivity index is 1.69. The maximum Gasteiger partial charge on any atom is 0.416 e. The molecule has 2 aliphatic heterocycles. The van der Waals surface area contributed by atoms with E-state index in [1.165, 1.54) is 37.3 Å². The molecule has 0 N–H and O–H groups in total. The summed E-state index contributed by atoms with van der Waals surface area (Å²) < 4.78 is 56.0. The Labute approximate surface area is 221 Å². The summed E-state index contributed by atoms with van der Waals surface area (Å²) in [4.78, 5) is 28.7. The summed E-state index contributed by atoms with van der Waals surface area (Å²) in [6, 6.07) is 16.1. The second-order valence-electron chi connectivity index (χ2n) is 8.99. The monoisotopic (exact) mass is 542 g/mol. The van der Waals surface area contributed by atoms with Crippen LogP contribution in [0.4, 0.5) is 23.7 Å². The maximum absolute atomic E-state index is 15.2. The molecular weight excluding hydrogens is 521 g/mol. The van der Waals surface area contributed by atoms with Gasteiger partial charge in [-0.05, 0) is 59.2 Å². The van der Waals surface area contributed by atoms with E-state index >= 15 is 13.2 Å². The number of carbonyl (C=O) groups is 2. The summed E-state index contributed by atoms with van der Waals surface area (Å²) in [6.07, 6.45) is -4.61. The minimum atomic E-state index is -5.01. The molecule has 3 aromatic rings. The van der Waals surface area contributed by atoms with Crippen molar-refractivity contribution >= 4 is 34.8 Å². The third-order valence-electron chi connectivity index (χ3n) is 6.87. The molecule has 10 heteroatoms. The second kappa shape index (κ2) is 9.40. The van der Waals surface area contributed by atoms with Crippen molar-refractivity contribution in [2.45, 2.75) is 24.7 Å². The van der Waals surface area contributed by atoms with Crippen LogP contribution in [0, 0.1) is 0 Å². The lowest BCUT2D eigenvalue weighted by atomic mass is 9.75. The lowest BCUT2D eigenvalue weighted by Crippen LogP contribution is -2.67. The summed E-state index contributed by atoms with van der Waals surface area (Å²) in [5, 5.41) is 0.0519. The molecule has 1 atom stereocenters. The zero-order valence-corrected chi connectivity index (χ0v) is 21.1. The quantitative estimate of drug-likeness (QED) is 0.366. The van der Waals surface area contributed by atoms with E-state index in [-0.39, 0.29) is 28.4 Å². The van der Waals surface area contributed by atoms with Crippen LogP contribution in [0.2, 0.25) is 5.02 Å². The van der Waals surface area contributed by atoms with Crippen molar-refractivity contribution in [1.82, 2.24) is 4.90 Å². The van der Waals surface area contributed by atoms with Gasteiger partial charge in [0.15, 0.2) is 5.54 Å². The number of methoxy groups -OCH3 is 2. The summed E-state index contributed by atoms with van der Waals surface area (Å²) >= 11 is 6.21. The van der Waals surface area contributed by atoms with E-state index in [4.69, 9.17) is 21.1 Å². The summed E-state index contributed by atoms with van der Waals surface area (Å²) in [5.41, 5.74) is -2.04. The van der Waals surface area contributed by atoms with Gasteiger partial charge in [-0.3, -0.25) is 9.69 Å². The fourth-order valence-electron chi connectivity index (χ4n) is 5.03. The van der Waals surface area contributed by atoms with Crippen LogP contribution in [0.3, 0.4) is 0 Å². The van der Waals surface area contributed by atoms with Gasteiger partial charge in [0.1, 0.15) is 11.5 Å². The normalized spacial score (nSPS) is 19.1. The van der Waals surface area contributed by atoms with E-state index in [1.54, 1.807) is 48.5 Å². The van der Waals surface area contributed by atoms with Gasteiger partial charge in [-0.15, -0.1) is 0 Å². The van der Waals surface area contributed by atoms with Gasteiger partial charge < -0.3 is 9.47 Å². The molecule has 0 unspecified atom stereocenters. The van der Waals surface area contributed by atoms with E-state index in [9.17, 15) is 9.59 Å². The Kier molecular flexibility index (Phi) is 6.35. The number of nitrogens with zero attached hydrogens (tertiary/aromatic N) is 2. The molecule has 0 saturated heterocycles. The number of urea groups is 1. The van der Waals surface area contributed by atoms with Crippen LogP contribution < -0.4 is 14.4 Å². The minimum absolute atomic E-state index is 0.0310. The number of anilines is 1. The molecule has 0 saturated carbocycles. The van der Waals surface area contributed by atoms with E-state index in [2.05, 4.69) is 0 Å². The molecule has 5 rings (SSSR count). The Bertz CT molecular complexity index is 1460. The zero-order valence-electron chi connectivity index (χ0n) is 20.4. The third kappa shape index (κ3) is 4.07. The van der Waals surface area contributed by atoms with Crippen LogP contribution in [0.5, 0.6) is 11.5 Å². The van der Waals surface area contributed by atoms with E-state index in [1.807, 2.05) is 0 Å². The first-order valence-corrected chi connectivity index (χ1v) is 12.0. The highest BCUT2D eigenvalue weighted by Crippen LogP contribution is 2.57. The molecule has 0 aliphatic carbocycles. The van der Waals surface area contributed by atoms with Gasteiger partial charge in [0.25, 0.3) is 5.91 Å². The summed E-state index contributed by atoms with van der Waals surface area (Å²) in [5.74, 6) is -0.0571. The van der Waals surface area contributed by atoms with Crippen molar-refractivity contribution in [2.75, 3.05) is 19.1 Å². The Hall–Kier alpha value is -3.98. The number of rotatable bonds is 5. The van der Waals surface area contributed by atoms with Gasteiger partial charge >= 0.3 is 12.2 Å². The largest absolute Gasteiger partial charge is 0.497 e. The van der Waals surface area contributed by atoms with Gasteiger partial charge in [-0.25, -0.2) is 9.69 Å². The molecule has 196 valence electrons. The topological polar surface area (TPSA) is 59.1 Å². The van der Waals surface area contributed by atoms with Crippen LogP contribution in [0.15, 0.2) is 72.8 Å². The van der Waals surface area contributed by atoms with Crippen molar-refractivity contribution in [3.63, 3.8) is 0 Å². The Morgan fingerprint density at radius 1 is 0.947 bits per heavy atom. The van der Waals surface area contributed by atoms with Gasteiger partial charge in [0.05, 0.1) is 26.5 Å². The van der Waals surface area contributed by atoms with E-state index < -0.39 is 30.1 Å². The fraction of sp³-hybridized carbons (Fsp3) is 0.214. The molecule has 2 heterocycles. The molecule has 2 aliphatic rings. The number of carbonyl (C=O) groups excluding carboxylic acids is 2. The molecule has 3 aromatic carbocycles. The fourth-order valence-corrected chi connectivity index (χ4v) is 5.21. The predicted octanol–water partition coefficient (Wildman–Crippen LogP) is 6.57. The first-order valence-electron chi connectivity index (χ1n) is 11.6. The average Bonchev–Trinajstić information content (AvgIpc) is 2.90. The standard InChI is InChI=1S/C28H22ClF3N2O4/c1-37-21-9-6-17(7-10-21)16-33-24-11-8-20(29)14-23(24)27(28(30,31)32)15-19(13-25(35)34(27)26(33)36)18-4-3-5-22(12-18)38-2/h3-14H,15-16H2,1-2H3/t27-/m1/s1. The number of hydrogen-bond acceptors (Lipinski definition) is 4. The highest BCUT2D eigenvalue weighted by Gasteiger charge is 2.67. The van der Waals surface area contributed by atoms with Crippen LogP contribution in [-0.4, -0.2) is 37.2 Å². The SMILES string of the molecule is COc1ccc(CN2C(=O)N3C(=O)C=C(c4cccc(OC)c4)C[C@]3(C(F)(F)F)c3cc(Cl)ccc32)cc1. The van der Waals surface area contributed by atoms with Gasteiger partial charge in [0, 0.05) is 23.1 Å². The zero-order chi connectivity index (χ0) is 27.2.